The largest absolute Gasteiger partial charge is 0.482 e. The highest BCUT2D eigenvalue weighted by Crippen LogP contribution is 2.21. The van der Waals surface area contributed by atoms with Gasteiger partial charge >= 0.3 is 12.9 Å². The average Bonchev–Trinajstić information content (AvgIpc) is 1.97. The number of carbonyl (C=O) groups is 1. The fraction of sp³-hybridized carbons (Fsp3) is 0.500. The molecule has 0 N–H and O–H groups in total. The van der Waals surface area contributed by atoms with Crippen molar-refractivity contribution in [2.75, 3.05) is 7.11 Å². The molecule has 0 aromatic heterocycles. The molecule has 0 amide bonds. The van der Waals surface area contributed by atoms with Crippen molar-refractivity contribution in [2.24, 2.45) is 0 Å². The molecular weight excluding hydrogens is 172 g/mol. The molecule has 0 saturated carbocycles. The second kappa shape index (κ2) is 4.18. The van der Waals surface area contributed by atoms with Crippen molar-refractivity contribution in [2.45, 2.75) is 13.2 Å². The van der Waals surface area contributed by atoms with Crippen molar-refractivity contribution in [1.82, 2.24) is 0 Å². The minimum atomic E-state index is -4.96. The number of methoxy groups -OCH3 is 1. The SMILES string of the molecule is C/C=C(\C[B-](F)(F)F)C(=O)OC. The molecule has 0 bridgehead atoms. The van der Waals surface area contributed by atoms with E-state index in [1.165, 1.54) is 6.92 Å². The fourth-order valence-electron chi connectivity index (χ4n) is 0.699. The molecule has 70 valence electrons. The van der Waals surface area contributed by atoms with Crippen molar-refractivity contribution >= 4 is 12.9 Å². The van der Waals surface area contributed by atoms with Crippen LogP contribution in [0.2, 0.25) is 6.32 Å². The Kier molecular flexibility index (Phi) is 3.86. The van der Waals surface area contributed by atoms with Gasteiger partial charge in [-0.25, -0.2) is 4.79 Å². The lowest BCUT2D eigenvalue weighted by Gasteiger charge is -2.14. The van der Waals surface area contributed by atoms with Crippen LogP contribution >= 0.6 is 0 Å². The third kappa shape index (κ3) is 4.05. The highest BCUT2D eigenvalue weighted by Gasteiger charge is 2.27. The Bertz CT molecular complexity index is 197. The molecule has 12 heavy (non-hydrogen) atoms. The molecule has 0 aromatic rings. The molecule has 0 heterocycles. The predicted molar refractivity (Wildman–Crippen MR) is 39.7 cm³/mol. The van der Waals surface area contributed by atoms with Crippen molar-refractivity contribution < 1.29 is 22.5 Å². The van der Waals surface area contributed by atoms with Gasteiger partial charge < -0.3 is 17.7 Å². The van der Waals surface area contributed by atoms with E-state index in [1.54, 1.807) is 0 Å². The van der Waals surface area contributed by atoms with Crippen molar-refractivity contribution in [3.05, 3.63) is 11.6 Å². The zero-order valence-corrected chi connectivity index (χ0v) is 6.81. The highest BCUT2D eigenvalue weighted by molar-refractivity contribution is 6.59. The van der Waals surface area contributed by atoms with Crippen LogP contribution in [0, 0.1) is 0 Å². The summed E-state index contributed by atoms with van der Waals surface area (Å²) in [5.41, 5.74) is -0.343. The van der Waals surface area contributed by atoms with E-state index in [0.717, 1.165) is 13.2 Å². The maximum atomic E-state index is 11.8. The standard InChI is InChI=1S/C6H9BF3O2/c1-3-5(6(11)12-2)4-7(8,9)10/h3H,4H2,1-2H3/q-1/b5-3+. The van der Waals surface area contributed by atoms with Gasteiger partial charge in [-0.3, -0.25) is 0 Å². The van der Waals surface area contributed by atoms with Gasteiger partial charge in [-0.1, -0.05) is 12.4 Å². The van der Waals surface area contributed by atoms with E-state index >= 15 is 0 Å². The summed E-state index contributed by atoms with van der Waals surface area (Å²) in [5.74, 6) is -0.920. The third-order valence-electron chi connectivity index (χ3n) is 1.25. The first-order valence-electron chi connectivity index (χ1n) is 3.35. The number of halogens is 3. The van der Waals surface area contributed by atoms with Crippen LogP contribution in [0.15, 0.2) is 11.6 Å². The summed E-state index contributed by atoms with van der Waals surface area (Å²) >= 11 is 0. The number of hydrogen-bond donors (Lipinski definition) is 0. The Balaban J connectivity index is 4.31. The number of esters is 1. The van der Waals surface area contributed by atoms with Gasteiger partial charge in [0.05, 0.1) is 7.11 Å². The highest BCUT2D eigenvalue weighted by atomic mass is 19.4. The molecule has 0 aliphatic rings. The Morgan fingerprint density at radius 2 is 2.00 bits per heavy atom. The summed E-state index contributed by atoms with van der Waals surface area (Å²) < 4.78 is 39.6. The zero-order valence-electron chi connectivity index (χ0n) is 6.81. The Morgan fingerprint density at radius 1 is 1.50 bits per heavy atom. The summed E-state index contributed by atoms with van der Waals surface area (Å²) in [6.07, 6.45) is -0.0652. The summed E-state index contributed by atoms with van der Waals surface area (Å²) in [5, 5.41) is 0. The summed E-state index contributed by atoms with van der Waals surface area (Å²) in [7, 11) is 1.05. The lowest BCUT2D eigenvalue weighted by molar-refractivity contribution is -0.136. The first kappa shape index (κ1) is 11.1. The molecular formula is C6H9BF3O2-. The maximum absolute atomic E-state index is 11.8. The van der Waals surface area contributed by atoms with E-state index in [4.69, 9.17) is 0 Å². The van der Waals surface area contributed by atoms with Crippen LogP contribution in [0.5, 0.6) is 0 Å². The van der Waals surface area contributed by atoms with E-state index in [1.807, 2.05) is 0 Å². The van der Waals surface area contributed by atoms with E-state index < -0.39 is 19.3 Å². The van der Waals surface area contributed by atoms with E-state index in [2.05, 4.69) is 4.74 Å². The molecule has 0 saturated heterocycles. The molecule has 0 unspecified atom stereocenters. The Hall–Kier alpha value is -0.935. The number of carbonyl (C=O) groups excluding carboxylic acids is 1. The van der Waals surface area contributed by atoms with Crippen LogP contribution in [0.4, 0.5) is 12.9 Å². The predicted octanol–water partition coefficient (Wildman–Crippen LogP) is 1.95. The monoisotopic (exact) mass is 181 g/mol. The second-order valence-electron chi connectivity index (χ2n) is 2.22. The molecule has 0 atom stereocenters. The smallest absolute Gasteiger partial charge is 0.466 e. The van der Waals surface area contributed by atoms with Gasteiger partial charge in [-0.2, -0.15) is 0 Å². The van der Waals surface area contributed by atoms with Crippen LogP contribution in [0.1, 0.15) is 6.92 Å². The van der Waals surface area contributed by atoms with Gasteiger partial charge in [0.2, 0.25) is 0 Å². The van der Waals surface area contributed by atoms with E-state index in [-0.39, 0.29) is 5.57 Å². The van der Waals surface area contributed by atoms with Crippen LogP contribution in [0.25, 0.3) is 0 Å². The summed E-state index contributed by atoms with van der Waals surface area (Å²) in [4.78, 5) is 10.6. The zero-order chi connectivity index (χ0) is 9.78. The third-order valence-corrected chi connectivity index (χ3v) is 1.25. The molecule has 0 aliphatic heterocycles. The molecule has 0 spiro atoms. The number of hydrogen-bond acceptors (Lipinski definition) is 2. The van der Waals surface area contributed by atoms with Crippen LogP contribution < -0.4 is 0 Å². The fourth-order valence-corrected chi connectivity index (χ4v) is 0.699. The number of rotatable bonds is 3. The lowest BCUT2D eigenvalue weighted by Crippen LogP contribution is -2.19. The first-order valence-corrected chi connectivity index (χ1v) is 3.35. The number of ether oxygens (including phenoxy) is 1. The molecule has 0 fully saturated rings. The maximum Gasteiger partial charge on any atom is 0.482 e. The van der Waals surface area contributed by atoms with Gasteiger partial charge in [-0.05, 0) is 6.92 Å². The van der Waals surface area contributed by atoms with E-state index in [9.17, 15) is 17.7 Å². The second-order valence-corrected chi connectivity index (χ2v) is 2.22. The van der Waals surface area contributed by atoms with Crippen molar-refractivity contribution in [3.63, 3.8) is 0 Å². The summed E-state index contributed by atoms with van der Waals surface area (Å²) in [6.45, 7) is -3.59. The minimum Gasteiger partial charge on any atom is -0.466 e. The average molecular weight is 181 g/mol. The topological polar surface area (TPSA) is 26.3 Å². The number of allylic oxidation sites excluding steroid dienone is 1. The molecule has 2 nitrogen and oxygen atoms in total. The normalized spacial score (nSPS) is 12.9. The van der Waals surface area contributed by atoms with Gasteiger partial charge in [0.1, 0.15) is 0 Å². The van der Waals surface area contributed by atoms with Crippen LogP contribution in [0.3, 0.4) is 0 Å². The summed E-state index contributed by atoms with van der Waals surface area (Å²) in [6, 6.07) is 0. The molecule has 0 radical (unpaired) electrons. The quantitative estimate of drug-likeness (QED) is 0.377. The molecule has 0 aromatic carbocycles. The minimum absolute atomic E-state index is 0.343. The Labute approximate surface area is 68.5 Å². The van der Waals surface area contributed by atoms with Gasteiger partial charge in [0, 0.05) is 5.57 Å². The van der Waals surface area contributed by atoms with Gasteiger partial charge in [-0.15, -0.1) is 0 Å². The van der Waals surface area contributed by atoms with Crippen LogP contribution in [-0.2, 0) is 9.53 Å². The first-order chi connectivity index (χ1) is 5.40. The van der Waals surface area contributed by atoms with E-state index in [0.29, 0.717) is 0 Å². The Morgan fingerprint density at radius 3 is 2.25 bits per heavy atom. The molecule has 0 aliphatic carbocycles. The van der Waals surface area contributed by atoms with Gasteiger partial charge in [0.25, 0.3) is 0 Å². The van der Waals surface area contributed by atoms with Crippen molar-refractivity contribution in [3.8, 4) is 0 Å². The molecule has 6 heteroatoms. The molecule has 0 rings (SSSR count). The van der Waals surface area contributed by atoms with Crippen molar-refractivity contribution in [1.29, 1.82) is 0 Å². The lowest BCUT2D eigenvalue weighted by atomic mass is 9.81. The van der Waals surface area contributed by atoms with Gasteiger partial charge in [0.15, 0.2) is 0 Å². The van der Waals surface area contributed by atoms with Crippen LogP contribution in [-0.4, -0.2) is 20.1 Å².